The maximum Gasteiger partial charge on any atom is 0.338 e. The average molecular weight is 485 g/mol. The third-order valence-corrected chi connectivity index (χ3v) is 7.11. The fourth-order valence-corrected chi connectivity index (χ4v) is 5.41. The minimum Gasteiger partial charge on any atom is -0.491 e. The van der Waals surface area contributed by atoms with Crippen LogP contribution in [0.5, 0.6) is 5.75 Å². The van der Waals surface area contributed by atoms with Gasteiger partial charge in [0.2, 0.25) is 0 Å². The lowest BCUT2D eigenvalue weighted by atomic mass is 9.93. The highest BCUT2D eigenvalue weighted by molar-refractivity contribution is 5.95. The molecule has 1 aromatic carbocycles. The highest BCUT2D eigenvalue weighted by Gasteiger charge is 2.35. The normalized spacial score (nSPS) is 22.6. The fourth-order valence-electron chi connectivity index (χ4n) is 5.41. The van der Waals surface area contributed by atoms with E-state index in [-0.39, 0.29) is 18.7 Å². The minimum absolute atomic E-state index is 0.0691. The molecule has 1 aromatic rings. The first-order chi connectivity index (χ1) is 16.9. The zero-order valence-electron chi connectivity index (χ0n) is 21.3. The largest absolute Gasteiger partial charge is 0.491 e. The standard InChI is InChI=1S/C27H40N4O4/c1-4-34-26(32)24-23(18-30-14-16-31(17-15-30)21-8-6-5-7-9-21)28-27(33)29-25(24)20-10-12-22(13-11-20)35-19(2)3/h10-13,19,21,25H,4-9,14-18H2,1-3H3,(H2,28,29,33)/t25-/m1/s1. The number of piperazine rings is 1. The van der Waals surface area contributed by atoms with E-state index in [0.29, 0.717) is 23.9 Å². The molecule has 1 atom stereocenters. The number of amides is 2. The summed E-state index contributed by atoms with van der Waals surface area (Å²) in [5.41, 5.74) is 1.92. The molecule has 2 heterocycles. The van der Waals surface area contributed by atoms with Crippen LogP contribution < -0.4 is 15.4 Å². The molecule has 3 aliphatic rings. The first kappa shape index (κ1) is 25.5. The number of carbonyl (C=O) groups excluding carboxylic acids is 2. The Labute approximate surface area is 209 Å². The summed E-state index contributed by atoms with van der Waals surface area (Å²) < 4.78 is 11.2. The van der Waals surface area contributed by atoms with Gasteiger partial charge in [-0.3, -0.25) is 9.80 Å². The van der Waals surface area contributed by atoms with Crippen molar-refractivity contribution in [1.29, 1.82) is 0 Å². The first-order valence-electron chi connectivity index (χ1n) is 13.1. The number of ether oxygens (including phenoxy) is 2. The lowest BCUT2D eigenvalue weighted by molar-refractivity contribution is -0.139. The molecule has 192 valence electrons. The number of hydrogen-bond donors (Lipinski definition) is 2. The summed E-state index contributed by atoms with van der Waals surface area (Å²) in [6.07, 6.45) is 6.73. The molecule has 2 amide bonds. The Bertz CT molecular complexity index is 900. The summed E-state index contributed by atoms with van der Waals surface area (Å²) in [5.74, 6) is 0.352. The Balaban J connectivity index is 1.51. The van der Waals surface area contributed by atoms with E-state index in [2.05, 4.69) is 20.4 Å². The van der Waals surface area contributed by atoms with Crippen LogP contribution in [0.1, 0.15) is 64.5 Å². The summed E-state index contributed by atoms with van der Waals surface area (Å²) in [6.45, 7) is 10.4. The number of urea groups is 1. The second kappa shape index (κ2) is 11.9. The molecule has 8 nitrogen and oxygen atoms in total. The van der Waals surface area contributed by atoms with Crippen molar-refractivity contribution in [3.05, 3.63) is 41.1 Å². The highest BCUT2D eigenvalue weighted by Crippen LogP contribution is 2.30. The topological polar surface area (TPSA) is 83.1 Å². The Hall–Kier alpha value is -2.58. The van der Waals surface area contributed by atoms with E-state index in [1.165, 1.54) is 32.1 Å². The van der Waals surface area contributed by atoms with Crippen LogP contribution in [0.4, 0.5) is 4.79 Å². The molecule has 2 N–H and O–H groups in total. The maximum absolute atomic E-state index is 13.1. The van der Waals surface area contributed by atoms with Gasteiger partial charge in [0.25, 0.3) is 0 Å². The quantitative estimate of drug-likeness (QED) is 0.549. The highest BCUT2D eigenvalue weighted by atomic mass is 16.5. The molecule has 4 rings (SSSR count). The van der Waals surface area contributed by atoms with E-state index >= 15 is 0 Å². The number of rotatable bonds is 8. The molecule has 1 saturated carbocycles. The summed E-state index contributed by atoms with van der Waals surface area (Å²) in [6, 6.07) is 7.37. The maximum atomic E-state index is 13.1. The van der Waals surface area contributed by atoms with E-state index in [1.807, 2.05) is 38.1 Å². The molecule has 0 aromatic heterocycles. The number of esters is 1. The number of hydrogen-bond acceptors (Lipinski definition) is 6. The Morgan fingerprint density at radius 2 is 1.74 bits per heavy atom. The lowest BCUT2D eigenvalue weighted by Crippen LogP contribution is -2.53. The molecule has 2 aliphatic heterocycles. The van der Waals surface area contributed by atoms with Crippen LogP contribution in [0.2, 0.25) is 0 Å². The fraction of sp³-hybridized carbons (Fsp3) is 0.630. The summed E-state index contributed by atoms with van der Waals surface area (Å²) >= 11 is 0. The monoisotopic (exact) mass is 484 g/mol. The molecule has 1 saturated heterocycles. The molecular weight excluding hydrogens is 444 g/mol. The molecule has 8 heteroatoms. The van der Waals surface area contributed by atoms with E-state index in [1.54, 1.807) is 6.92 Å². The van der Waals surface area contributed by atoms with Crippen LogP contribution in [0.25, 0.3) is 0 Å². The van der Waals surface area contributed by atoms with Crippen LogP contribution in [0.15, 0.2) is 35.5 Å². The van der Waals surface area contributed by atoms with Crippen molar-refractivity contribution < 1.29 is 19.1 Å². The molecule has 0 spiro atoms. The lowest BCUT2D eigenvalue weighted by Gasteiger charge is -2.41. The summed E-state index contributed by atoms with van der Waals surface area (Å²) in [7, 11) is 0. The van der Waals surface area contributed by atoms with Crippen molar-refractivity contribution >= 4 is 12.0 Å². The van der Waals surface area contributed by atoms with E-state index in [4.69, 9.17) is 9.47 Å². The minimum atomic E-state index is -0.575. The molecular formula is C27H40N4O4. The van der Waals surface area contributed by atoms with Gasteiger partial charge < -0.3 is 20.1 Å². The molecule has 0 bridgehead atoms. The van der Waals surface area contributed by atoms with Crippen molar-refractivity contribution in [2.45, 2.75) is 71.1 Å². The van der Waals surface area contributed by atoms with Gasteiger partial charge in [-0.1, -0.05) is 31.4 Å². The number of benzene rings is 1. The van der Waals surface area contributed by atoms with Crippen molar-refractivity contribution in [3.8, 4) is 5.75 Å². The van der Waals surface area contributed by atoms with E-state index < -0.39 is 12.0 Å². The van der Waals surface area contributed by atoms with Crippen molar-refractivity contribution in [2.24, 2.45) is 0 Å². The summed E-state index contributed by atoms with van der Waals surface area (Å²) in [4.78, 5) is 30.7. The third-order valence-electron chi connectivity index (χ3n) is 7.11. The number of nitrogens with one attached hydrogen (secondary N) is 2. The Morgan fingerprint density at radius 1 is 1.06 bits per heavy atom. The van der Waals surface area contributed by atoms with Gasteiger partial charge in [-0.15, -0.1) is 0 Å². The number of nitrogens with zero attached hydrogens (tertiary/aromatic N) is 2. The Kier molecular flexibility index (Phi) is 8.68. The van der Waals surface area contributed by atoms with Crippen LogP contribution in [0.3, 0.4) is 0 Å². The second-order valence-corrected chi connectivity index (χ2v) is 9.98. The van der Waals surface area contributed by atoms with Gasteiger partial charge >= 0.3 is 12.0 Å². The smallest absolute Gasteiger partial charge is 0.338 e. The molecule has 1 aliphatic carbocycles. The van der Waals surface area contributed by atoms with Crippen molar-refractivity contribution in [3.63, 3.8) is 0 Å². The zero-order valence-corrected chi connectivity index (χ0v) is 21.3. The number of carbonyl (C=O) groups is 2. The predicted molar refractivity (Wildman–Crippen MR) is 135 cm³/mol. The van der Waals surface area contributed by atoms with Gasteiger partial charge in [0.15, 0.2) is 0 Å². The summed E-state index contributed by atoms with van der Waals surface area (Å²) in [5, 5.41) is 5.84. The van der Waals surface area contributed by atoms with Gasteiger partial charge in [0.1, 0.15) is 5.75 Å². The zero-order chi connectivity index (χ0) is 24.8. The molecule has 0 radical (unpaired) electrons. The van der Waals surface area contributed by atoms with E-state index in [9.17, 15) is 9.59 Å². The van der Waals surface area contributed by atoms with Gasteiger partial charge in [0.05, 0.1) is 24.3 Å². The van der Waals surface area contributed by atoms with Crippen molar-refractivity contribution in [1.82, 2.24) is 20.4 Å². The van der Waals surface area contributed by atoms with Gasteiger partial charge in [0, 0.05) is 44.5 Å². The Morgan fingerprint density at radius 3 is 2.37 bits per heavy atom. The van der Waals surface area contributed by atoms with Gasteiger partial charge in [-0.25, -0.2) is 9.59 Å². The second-order valence-electron chi connectivity index (χ2n) is 9.98. The first-order valence-corrected chi connectivity index (χ1v) is 13.1. The van der Waals surface area contributed by atoms with Gasteiger partial charge in [-0.05, 0) is 51.3 Å². The molecule has 0 unspecified atom stereocenters. The van der Waals surface area contributed by atoms with E-state index in [0.717, 1.165) is 37.5 Å². The third kappa shape index (κ3) is 6.55. The van der Waals surface area contributed by atoms with Crippen LogP contribution in [-0.4, -0.2) is 73.3 Å². The average Bonchev–Trinajstić information content (AvgIpc) is 2.85. The van der Waals surface area contributed by atoms with Crippen LogP contribution >= 0.6 is 0 Å². The van der Waals surface area contributed by atoms with Crippen LogP contribution in [-0.2, 0) is 9.53 Å². The molecule has 35 heavy (non-hydrogen) atoms. The predicted octanol–water partition coefficient (Wildman–Crippen LogP) is 3.60. The van der Waals surface area contributed by atoms with Gasteiger partial charge in [-0.2, -0.15) is 0 Å². The van der Waals surface area contributed by atoms with Crippen LogP contribution in [0, 0.1) is 0 Å². The molecule has 2 fully saturated rings. The van der Waals surface area contributed by atoms with Crippen molar-refractivity contribution in [2.75, 3.05) is 39.3 Å². The SMILES string of the molecule is CCOC(=O)C1=C(CN2CCN(C3CCCCC3)CC2)NC(=O)N[C@@H]1c1ccc(OC(C)C)cc1.